The normalized spacial score (nSPS) is 11.7. The van der Waals surface area contributed by atoms with E-state index in [1.807, 2.05) is 6.92 Å². The van der Waals surface area contributed by atoms with Crippen molar-refractivity contribution in [2.45, 2.75) is 24.6 Å². The van der Waals surface area contributed by atoms with Crippen molar-refractivity contribution in [2.75, 3.05) is 6.54 Å². The van der Waals surface area contributed by atoms with E-state index in [1.165, 1.54) is 0 Å². The van der Waals surface area contributed by atoms with Gasteiger partial charge in [-0.15, -0.1) is 0 Å². The molecule has 0 aliphatic rings. The molecule has 62 valence electrons. The monoisotopic (exact) mass is 218 g/mol. The molecule has 0 spiro atoms. The first-order valence-electron chi connectivity index (χ1n) is 3.53. The molecule has 0 aliphatic carbocycles. The first-order valence-corrected chi connectivity index (χ1v) is 4.45. The summed E-state index contributed by atoms with van der Waals surface area (Å²) in [4.78, 5) is 10.2. The Balaban J connectivity index is 3.46. The number of nitriles is 1. The van der Waals surface area contributed by atoms with Crippen molar-refractivity contribution in [3.05, 3.63) is 0 Å². The molecule has 11 heavy (non-hydrogen) atoms. The first kappa shape index (κ1) is 10.4. The van der Waals surface area contributed by atoms with Crippen molar-refractivity contribution < 1.29 is 4.79 Å². The van der Waals surface area contributed by atoms with Crippen LogP contribution in [0, 0.1) is 11.3 Å². The Morgan fingerprint density at radius 2 is 2.45 bits per heavy atom. The highest BCUT2D eigenvalue weighted by atomic mass is 79.9. The maximum atomic E-state index is 10.9. The number of unbranched alkanes of at least 4 members (excludes halogenated alkanes) is 1. The second-order valence-corrected chi connectivity index (χ2v) is 3.05. The van der Waals surface area contributed by atoms with Crippen molar-refractivity contribution in [3.8, 4) is 6.07 Å². The third-order valence-electron chi connectivity index (χ3n) is 1.17. The second-order valence-electron chi connectivity index (χ2n) is 2.14. The highest BCUT2D eigenvalue weighted by Crippen LogP contribution is 1.96. The van der Waals surface area contributed by atoms with E-state index < -0.39 is 4.83 Å². The number of hydrogen-bond donors (Lipinski definition) is 1. The lowest BCUT2D eigenvalue weighted by Gasteiger charge is -2.02. The van der Waals surface area contributed by atoms with E-state index in [4.69, 9.17) is 5.26 Å². The molecule has 0 aliphatic heterocycles. The zero-order valence-corrected chi connectivity index (χ0v) is 8.02. The SMILES string of the molecule is CCCCNC(=O)C(Br)C#N. The van der Waals surface area contributed by atoms with E-state index in [-0.39, 0.29) is 5.91 Å². The molecule has 0 radical (unpaired) electrons. The summed E-state index contributed by atoms with van der Waals surface area (Å²) in [6, 6.07) is 1.80. The summed E-state index contributed by atoms with van der Waals surface area (Å²) in [6.45, 7) is 2.70. The van der Waals surface area contributed by atoms with Crippen LogP contribution in [0.1, 0.15) is 19.8 Å². The molecule has 1 N–H and O–H groups in total. The average molecular weight is 219 g/mol. The Morgan fingerprint density at radius 1 is 1.82 bits per heavy atom. The number of halogens is 1. The van der Waals surface area contributed by atoms with E-state index in [1.54, 1.807) is 6.07 Å². The lowest BCUT2D eigenvalue weighted by atomic mass is 10.3. The number of amides is 1. The number of nitrogens with one attached hydrogen (secondary N) is 1. The van der Waals surface area contributed by atoms with Gasteiger partial charge in [-0.2, -0.15) is 5.26 Å². The summed E-state index contributed by atoms with van der Waals surface area (Å²) in [5.41, 5.74) is 0. The topological polar surface area (TPSA) is 52.9 Å². The second kappa shape index (κ2) is 6.17. The lowest BCUT2D eigenvalue weighted by molar-refractivity contribution is -0.119. The van der Waals surface area contributed by atoms with Gasteiger partial charge in [-0.25, -0.2) is 0 Å². The van der Waals surface area contributed by atoms with Gasteiger partial charge in [0.2, 0.25) is 5.91 Å². The fraction of sp³-hybridized carbons (Fsp3) is 0.714. The Kier molecular flexibility index (Phi) is 5.86. The van der Waals surface area contributed by atoms with Crippen molar-refractivity contribution in [1.82, 2.24) is 5.32 Å². The third-order valence-corrected chi connectivity index (χ3v) is 1.79. The zero-order chi connectivity index (χ0) is 8.69. The van der Waals surface area contributed by atoms with Crippen LogP contribution < -0.4 is 5.32 Å². The van der Waals surface area contributed by atoms with E-state index in [9.17, 15) is 4.79 Å². The molecule has 4 heteroatoms. The summed E-state index contributed by atoms with van der Waals surface area (Å²) < 4.78 is 0. The molecule has 1 atom stereocenters. The maximum absolute atomic E-state index is 10.9. The Bertz CT molecular complexity index is 164. The predicted octanol–water partition coefficient (Wildman–Crippen LogP) is 1.19. The minimum Gasteiger partial charge on any atom is -0.354 e. The molecule has 0 fully saturated rings. The minimum atomic E-state index is -0.709. The summed E-state index contributed by atoms with van der Waals surface area (Å²) in [6.07, 6.45) is 2.00. The predicted molar refractivity (Wildman–Crippen MR) is 46.2 cm³/mol. The first-order chi connectivity index (χ1) is 5.22. The third kappa shape index (κ3) is 4.79. The van der Waals surface area contributed by atoms with Crippen molar-refractivity contribution in [2.24, 2.45) is 0 Å². The average Bonchev–Trinajstić information content (AvgIpc) is 2.03. The molecule has 1 amide bonds. The van der Waals surface area contributed by atoms with Crippen LogP contribution >= 0.6 is 15.9 Å². The van der Waals surface area contributed by atoms with Crippen LogP contribution in [-0.2, 0) is 4.79 Å². The van der Waals surface area contributed by atoms with Crippen molar-refractivity contribution in [3.63, 3.8) is 0 Å². The molecule has 0 aromatic carbocycles. The van der Waals surface area contributed by atoms with Crippen LogP contribution in [0.25, 0.3) is 0 Å². The van der Waals surface area contributed by atoms with Gasteiger partial charge in [-0.3, -0.25) is 4.79 Å². The molecule has 0 bridgehead atoms. The minimum absolute atomic E-state index is 0.249. The molecule has 0 rings (SSSR count). The fourth-order valence-electron chi connectivity index (χ4n) is 0.537. The van der Waals surface area contributed by atoms with Crippen molar-refractivity contribution in [1.29, 1.82) is 5.26 Å². The van der Waals surface area contributed by atoms with Crippen molar-refractivity contribution >= 4 is 21.8 Å². The quantitative estimate of drug-likeness (QED) is 0.570. The molecule has 0 saturated heterocycles. The summed E-state index contributed by atoms with van der Waals surface area (Å²) in [5.74, 6) is -0.249. The van der Waals surface area contributed by atoms with Gasteiger partial charge in [-0.1, -0.05) is 29.3 Å². The fourth-order valence-corrected chi connectivity index (χ4v) is 0.698. The van der Waals surface area contributed by atoms with Gasteiger partial charge in [-0.05, 0) is 6.42 Å². The Morgan fingerprint density at radius 3 is 2.91 bits per heavy atom. The summed E-state index contributed by atoms with van der Waals surface area (Å²) >= 11 is 2.92. The van der Waals surface area contributed by atoms with Crippen LogP contribution in [0.15, 0.2) is 0 Å². The van der Waals surface area contributed by atoms with Crippen LogP contribution in [-0.4, -0.2) is 17.3 Å². The van der Waals surface area contributed by atoms with Gasteiger partial charge in [0, 0.05) is 6.54 Å². The molecule has 0 heterocycles. The molecule has 3 nitrogen and oxygen atoms in total. The standard InChI is InChI=1S/C7H11BrN2O/c1-2-3-4-10-7(11)6(8)5-9/h6H,2-4H2,1H3,(H,10,11). The van der Waals surface area contributed by atoms with Gasteiger partial charge < -0.3 is 5.32 Å². The van der Waals surface area contributed by atoms with E-state index in [0.29, 0.717) is 6.54 Å². The maximum Gasteiger partial charge on any atom is 0.248 e. The molecule has 0 aromatic heterocycles. The van der Waals surface area contributed by atoms with Crippen LogP contribution in [0.4, 0.5) is 0 Å². The molecular weight excluding hydrogens is 208 g/mol. The molecule has 0 saturated carbocycles. The van der Waals surface area contributed by atoms with Gasteiger partial charge in [0.25, 0.3) is 0 Å². The highest BCUT2D eigenvalue weighted by Gasteiger charge is 2.11. The molecule has 0 aromatic rings. The Hall–Kier alpha value is -0.560. The van der Waals surface area contributed by atoms with Crippen LogP contribution in [0.3, 0.4) is 0 Å². The summed E-state index contributed by atoms with van der Waals surface area (Å²) in [7, 11) is 0. The van der Waals surface area contributed by atoms with E-state index in [0.717, 1.165) is 12.8 Å². The molecule has 1 unspecified atom stereocenters. The van der Waals surface area contributed by atoms with E-state index >= 15 is 0 Å². The van der Waals surface area contributed by atoms with Gasteiger partial charge in [0.1, 0.15) is 0 Å². The number of alkyl halides is 1. The van der Waals surface area contributed by atoms with Crippen LogP contribution in [0.5, 0.6) is 0 Å². The highest BCUT2D eigenvalue weighted by molar-refractivity contribution is 9.10. The smallest absolute Gasteiger partial charge is 0.248 e. The lowest BCUT2D eigenvalue weighted by Crippen LogP contribution is -2.30. The Labute approximate surface area is 74.9 Å². The zero-order valence-electron chi connectivity index (χ0n) is 6.43. The number of nitrogens with zero attached hydrogens (tertiary/aromatic N) is 1. The number of carbonyl (C=O) groups is 1. The van der Waals surface area contributed by atoms with Gasteiger partial charge in [0.15, 0.2) is 4.83 Å². The largest absolute Gasteiger partial charge is 0.354 e. The van der Waals surface area contributed by atoms with Gasteiger partial charge >= 0.3 is 0 Å². The van der Waals surface area contributed by atoms with Gasteiger partial charge in [0.05, 0.1) is 6.07 Å². The number of carbonyl (C=O) groups excluding carboxylic acids is 1. The number of hydrogen-bond acceptors (Lipinski definition) is 2. The summed E-state index contributed by atoms with van der Waals surface area (Å²) in [5, 5.41) is 10.9. The molecular formula is C7H11BrN2O. The van der Waals surface area contributed by atoms with E-state index in [2.05, 4.69) is 21.2 Å². The van der Waals surface area contributed by atoms with Crippen LogP contribution in [0.2, 0.25) is 0 Å². The number of rotatable bonds is 4.